The molecule has 6 rings (SSSR count). The number of benzene rings is 1. The Balaban J connectivity index is 1.45. The molecule has 1 aromatic carbocycles. The molecule has 15 nitrogen and oxygen atoms in total. The third-order valence-corrected chi connectivity index (χ3v) is 14.6. The predicted octanol–water partition coefficient (Wildman–Crippen LogP) is 5.97. The second kappa shape index (κ2) is 16.3. The maximum Gasteiger partial charge on any atom is 0.438 e. The number of fused-ring (bicyclic) bond motifs is 3. The number of alkyl halides is 6. The van der Waals surface area contributed by atoms with Gasteiger partial charge in [0.15, 0.2) is 0 Å². The summed E-state index contributed by atoms with van der Waals surface area (Å²) in [6.07, 6.45) is -9.96. The Bertz CT molecular complexity index is 2250. The van der Waals surface area contributed by atoms with E-state index in [4.69, 9.17) is 9.47 Å². The van der Waals surface area contributed by atoms with Gasteiger partial charge in [-0.3, -0.25) is 24.0 Å². The summed E-state index contributed by atoms with van der Waals surface area (Å²) >= 11 is 0. The van der Waals surface area contributed by atoms with E-state index >= 15 is 0 Å². The molecule has 1 saturated heterocycles. The Morgan fingerprint density at radius 2 is 1.74 bits per heavy atom. The molecule has 0 bridgehead atoms. The lowest BCUT2D eigenvalue weighted by Crippen LogP contribution is -2.66. The number of hydrogen-bond donors (Lipinski definition) is 3. The number of carboxylic acid groups (broad SMARTS) is 1. The molecule has 22 heteroatoms. The highest BCUT2D eigenvalue weighted by molar-refractivity contribution is 7.91. The number of rotatable bonds is 9. The summed E-state index contributed by atoms with van der Waals surface area (Å²) < 4.78 is 126. The van der Waals surface area contributed by atoms with Crippen molar-refractivity contribution in [1.82, 2.24) is 29.8 Å². The quantitative estimate of drug-likeness (QED) is 0.198. The number of sulfonamides is 1. The summed E-state index contributed by atoms with van der Waals surface area (Å²) in [5, 5.41) is 13.0. The normalized spacial score (nSPS) is 28.7. The summed E-state index contributed by atoms with van der Waals surface area (Å²) in [6.45, 7) is 6.93. The Labute approximate surface area is 354 Å². The van der Waals surface area contributed by atoms with E-state index in [1.807, 2.05) is 0 Å². The van der Waals surface area contributed by atoms with Crippen molar-refractivity contribution in [2.45, 2.75) is 133 Å². The van der Waals surface area contributed by atoms with Gasteiger partial charge in [-0.1, -0.05) is 26.0 Å². The van der Waals surface area contributed by atoms with E-state index in [-0.39, 0.29) is 59.9 Å². The minimum Gasteiger partial charge on any atom is -0.494 e. The van der Waals surface area contributed by atoms with Gasteiger partial charge in [-0.05, 0) is 90.2 Å². The Morgan fingerprint density at radius 1 is 1.06 bits per heavy atom. The number of carbonyl (C=O) groups excluding carboxylic acids is 3. The zero-order valence-corrected chi connectivity index (χ0v) is 35.7. The number of nitrogens with one attached hydrogen (secondary N) is 2. The van der Waals surface area contributed by atoms with Crippen LogP contribution >= 0.6 is 0 Å². The monoisotopic (exact) mass is 904 g/mol. The topological polar surface area (TPSA) is 197 Å². The first-order chi connectivity index (χ1) is 28.7. The van der Waals surface area contributed by atoms with Gasteiger partial charge in [0.1, 0.15) is 35.0 Å². The molecular formula is C40H50F6N6O9S. The lowest BCUT2D eigenvalue weighted by molar-refractivity contribution is -0.222. The van der Waals surface area contributed by atoms with E-state index in [2.05, 4.69) is 20.0 Å². The van der Waals surface area contributed by atoms with Gasteiger partial charge in [0.05, 0.1) is 28.9 Å². The van der Waals surface area contributed by atoms with Crippen LogP contribution in [0.5, 0.6) is 11.6 Å². The van der Waals surface area contributed by atoms with Gasteiger partial charge < -0.3 is 24.8 Å². The average Bonchev–Trinajstić information content (AvgIpc) is 4.03. The van der Waals surface area contributed by atoms with Crippen LogP contribution in [-0.2, 0) is 30.6 Å². The summed E-state index contributed by atoms with van der Waals surface area (Å²) in [5.41, 5.74) is -6.87. The second-order valence-electron chi connectivity index (χ2n) is 17.6. The Morgan fingerprint density at radius 3 is 2.34 bits per heavy atom. The fourth-order valence-electron chi connectivity index (χ4n) is 8.28. The fourth-order valence-corrected chi connectivity index (χ4v) is 9.60. The molecule has 3 N–H and O–H groups in total. The van der Waals surface area contributed by atoms with Crippen LogP contribution in [0.4, 0.5) is 31.1 Å². The van der Waals surface area contributed by atoms with Crippen LogP contribution in [0.2, 0.25) is 0 Å². The molecule has 62 heavy (non-hydrogen) atoms. The molecule has 7 atom stereocenters. The van der Waals surface area contributed by atoms with Crippen molar-refractivity contribution in [3.8, 4) is 11.6 Å². The van der Waals surface area contributed by atoms with Crippen LogP contribution in [0.3, 0.4) is 0 Å². The van der Waals surface area contributed by atoms with E-state index < -0.39 is 117 Å². The average molecular weight is 905 g/mol. The Hall–Kier alpha value is -4.89. The van der Waals surface area contributed by atoms with Gasteiger partial charge in [0.25, 0.3) is 5.91 Å². The number of carbonyl (C=O) groups is 4. The van der Waals surface area contributed by atoms with Crippen molar-refractivity contribution >= 4 is 44.9 Å². The number of hydrogen-bond acceptors (Lipinski definition) is 10. The number of nitrogens with zero attached hydrogens (tertiary/aromatic N) is 4. The number of amides is 4. The molecule has 2 saturated carbocycles. The zero-order chi connectivity index (χ0) is 46.0. The summed E-state index contributed by atoms with van der Waals surface area (Å²) in [7, 11) is -4.23. The van der Waals surface area contributed by atoms with E-state index in [1.165, 1.54) is 32.0 Å². The molecule has 4 aliphatic rings. The molecule has 1 aromatic heterocycles. The van der Waals surface area contributed by atoms with Gasteiger partial charge in [-0.15, -0.1) is 0 Å². The van der Waals surface area contributed by atoms with E-state index in [0.717, 1.165) is 4.90 Å². The minimum atomic E-state index is -5.21. The molecule has 2 aromatic rings. The largest absolute Gasteiger partial charge is 0.494 e. The summed E-state index contributed by atoms with van der Waals surface area (Å²) in [6, 6.07) is 0.0811. The van der Waals surface area contributed by atoms with Crippen molar-refractivity contribution in [2.24, 2.45) is 17.8 Å². The highest BCUT2D eigenvalue weighted by Gasteiger charge is 2.64. The smallest absolute Gasteiger partial charge is 0.438 e. The van der Waals surface area contributed by atoms with Crippen LogP contribution in [0.25, 0.3) is 11.0 Å². The third-order valence-electron chi connectivity index (χ3n) is 12.4. The fraction of sp³-hybridized carbons (Fsp3) is 0.650. The van der Waals surface area contributed by atoms with E-state index in [1.54, 1.807) is 26.0 Å². The van der Waals surface area contributed by atoms with Crippen LogP contribution in [0.1, 0.15) is 92.2 Å². The van der Waals surface area contributed by atoms with Gasteiger partial charge >= 0.3 is 18.4 Å². The first kappa shape index (κ1) is 46.6. The van der Waals surface area contributed by atoms with Gasteiger partial charge in [-0.25, -0.2) is 23.2 Å². The van der Waals surface area contributed by atoms with Crippen molar-refractivity contribution in [3.63, 3.8) is 0 Å². The molecule has 4 amide bonds. The summed E-state index contributed by atoms with van der Waals surface area (Å²) in [5.74, 6) is -6.42. The SMILES string of the molecule is CCOc1ccc2nc(C(F)(F)F)c(O[C@@H]3C[C@H]4C(=O)N[C@]5(C(=O)NS(=O)(=O)C6(C)CC6)C[C@H]5/C=C\CC[C@H](C)C[C@@H](C)[C@H](N(C(=O)O)C(C)(C)C(F)(F)F)C(=O)N4C3)nc2c1. The molecule has 3 heterocycles. The minimum absolute atomic E-state index is 0.00440. The molecule has 2 aliphatic carbocycles. The second-order valence-corrected chi connectivity index (χ2v) is 19.8. The standard InChI is InChI=1S/C40H50F6N6O9S/c1-7-60-24-12-13-26-27(17-24)48-32(30(47-26)39(41,42)43)61-25-18-28-31(53)49-38(34(55)50-62(58,59)37(6)14-15-37)19-23(38)11-9-8-10-21(2)16-22(3)29(33(54)51(28)20-25)52(35(56)57)36(4,5)40(44,45)46/h9,11-13,17,21-23,25,28-29H,7-8,10,14-16,18-20H2,1-6H3,(H,49,53)(H,50,55)(H,56,57)/b11-9-/t21-,22+,23+,25+,28-,29-,38+/m0/s1. The molecule has 3 fully saturated rings. The van der Waals surface area contributed by atoms with Crippen molar-refractivity contribution in [1.29, 1.82) is 0 Å². The molecule has 2 aliphatic heterocycles. The van der Waals surface area contributed by atoms with Gasteiger partial charge in [-0.2, -0.15) is 26.3 Å². The van der Waals surface area contributed by atoms with Crippen LogP contribution < -0.4 is 19.5 Å². The maximum absolute atomic E-state index is 15.0. The maximum atomic E-state index is 15.0. The highest BCUT2D eigenvalue weighted by atomic mass is 32.2. The van der Waals surface area contributed by atoms with Crippen LogP contribution in [0, 0.1) is 17.8 Å². The number of allylic oxidation sites excluding steroid dienone is 1. The molecule has 0 radical (unpaired) electrons. The molecule has 0 spiro atoms. The van der Waals surface area contributed by atoms with Crippen LogP contribution in [0.15, 0.2) is 30.4 Å². The predicted molar refractivity (Wildman–Crippen MR) is 209 cm³/mol. The van der Waals surface area contributed by atoms with Crippen molar-refractivity contribution in [2.75, 3.05) is 13.2 Å². The van der Waals surface area contributed by atoms with Crippen LogP contribution in [-0.4, -0.2) is 110 Å². The molecular weight excluding hydrogens is 855 g/mol. The van der Waals surface area contributed by atoms with Crippen molar-refractivity contribution in [3.05, 3.63) is 36.0 Å². The number of halogens is 6. The first-order valence-electron chi connectivity index (χ1n) is 20.3. The number of aromatic nitrogens is 2. The van der Waals surface area contributed by atoms with Crippen molar-refractivity contribution < 1.29 is 68.5 Å². The molecule has 0 unspecified atom stereocenters. The first-order valence-corrected chi connectivity index (χ1v) is 21.8. The van der Waals surface area contributed by atoms with E-state index in [0.29, 0.717) is 26.7 Å². The Kier molecular flexibility index (Phi) is 12.3. The zero-order valence-electron chi connectivity index (χ0n) is 34.9. The van der Waals surface area contributed by atoms with Gasteiger partial charge in [0.2, 0.25) is 33.4 Å². The summed E-state index contributed by atoms with van der Waals surface area (Å²) in [4.78, 5) is 64.9. The van der Waals surface area contributed by atoms with E-state index in [9.17, 15) is 59.0 Å². The van der Waals surface area contributed by atoms with Gasteiger partial charge in [0, 0.05) is 18.4 Å². The third kappa shape index (κ3) is 8.97. The lowest BCUT2D eigenvalue weighted by atomic mass is 9.85. The highest BCUT2D eigenvalue weighted by Crippen LogP contribution is 2.48. The lowest BCUT2D eigenvalue weighted by Gasteiger charge is -2.45. The number of ether oxygens (including phenoxy) is 2. The molecule has 342 valence electrons.